The molecule has 2 atom stereocenters. The first kappa shape index (κ1) is 25.7. The van der Waals surface area contributed by atoms with Gasteiger partial charge in [-0.25, -0.2) is 9.97 Å². The second kappa shape index (κ2) is 10.4. The van der Waals surface area contributed by atoms with E-state index in [9.17, 15) is 9.59 Å². The number of esters is 1. The number of fused-ring (bicyclic) bond motifs is 1. The number of ether oxygens (including phenoxy) is 3. The third kappa shape index (κ3) is 4.96. The van der Waals surface area contributed by atoms with Gasteiger partial charge in [0.2, 0.25) is 0 Å². The highest BCUT2D eigenvalue weighted by Crippen LogP contribution is 2.47. The molecular weight excluding hydrogens is 516 g/mol. The van der Waals surface area contributed by atoms with E-state index >= 15 is 0 Å². The zero-order chi connectivity index (χ0) is 26.2. The summed E-state index contributed by atoms with van der Waals surface area (Å²) >= 11 is 7.52. The van der Waals surface area contributed by atoms with Gasteiger partial charge in [-0.15, -0.1) is 11.8 Å². The number of ketones is 1. The molecule has 1 saturated carbocycles. The molecule has 1 aliphatic heterocycles. The van der Waals surface area contributed by atoms with Crippen molar-refractivity contribution in [2.45, 2.75) is 60.7 Å². The Balaban J connectivity index is 1.40. The van der Waals surface area contributed by atoms with Gasteiger partial charge in [0.25, 0.3) is 0 Å². The van der Waals surface area contributed by atoms with Gasteiger partial charge in [-0.1, -0.05) is 24.4 Å². The van der Waals surface area contributed by atoms with Crippen LogP contribution >= 0.6 is 23.4 Å². The zero-order valence-corrected chi connectivity index (χ0v) is 22.3. The molecule has 2 fully saturated rings. The Hall–Kier alpha value is -2.98. The number of Topliss-reactive ketones (excluding diaryl/α,β-unsaturated/α-hetero) is 1. The van der Waals surface area contributed by atoms with E-state index in [0.717, 1.165) is 43.0 Å². The smallest absolute Gasteiger partial charge is 0.327 e. The molecule has 2 aromatic heterocycles. The Kier molecular flexibility index (Phi) is 7.22. The first-order valence-electron chi connectivity index (χ1n) is 12.3. The molecule has 5 rings (SSSR count). The zero-order valence-electron chi connectivity index (χ0n) is 20.7. The van der Waals surface area contributed by atoms with Crippen LogP contribution in [0.25, 0.3) is 11.2 Å². The molecule has 196 valence electrons. The number of aromatic amines is 1. The van der Waals surface area contributed by atoms with Crippen LogP contribution < -0.4 is 15.2 Å². The number of pyridine rings is 1. The molecule has 2 aliphatic rings. The Morgan fingerprint density at radius 3 is 2.65 bits per heavy atom. The maximum atomic E-state index is 13.6. The number of rotatable bonds is 8. The van der Waals surface area contributed by atoms with E-state index < -0.39 is 16.8 Å². The van der Waals surface area contributed by atoms with Crippen molar-refractivity contribution in [1.82, 2.24) is 15.0 Å². The number of imidazole rings is 1. The molecule has 1 aromatic carbocycles. The lowest BCUT2D eigenvalue weighted by atomic mass is 9.76. The van der Waals surface area contributed by atoms with Crippen LogP contribution in [0.5, 0.6) is 11.5 Å². The minimum Gasteiger partial charge on any atom is -0.496 e. The predicted molar refractivity (Wildman–Crippen MR) is 141 cm³/mol. The monoisotopic (exact) mass is 544 g/mol. The molecular formula is C26H29ClN4O5S. The number of nitrogen functional groups attached to an aromatic ring is 1. The minimum absolute atomic E-state index is 0.127. The van der Waals surface area contributed by atoms with Crippen molar-refractivity contribution in [2.75, 3.05) is 20.0 Å². The van der Waals surface area contributed by atoms with Crippen molar-refractivity contribution >= 4 is 52.1 Å². The summed E-state index contributed by atoms with van der Waals surface area (Å²) in [6.45, 7) is 0. The normalized spacial score (nSPS) is 22.4. The van der Waals surface area contributed by atoms with Gasteiger partial charge in [0.1, 0.15) is 22.9 Å². The molecule has 3 heterocycles. The lowest BCUT2D eigenvalue weighted by molar-refractivity contribution is -0.177. The maximum absolute atomic E-state index is 13.6. The number of aryl methyl sites for hydroxylation is 1. The van der Waals surface area contributed by atoms with Gasteiger partial charge in [-0.2, -0.15) is 0 Å². The largest absolute Gasteiger partial charge is 0.496 e. The highest BCUT2D eigenvalue weighted by molar-refractivity contribution is 8.01. The molecule has 9 nitrogen and oxygen atoms in total. The maximum Gasteiger partial charge on any atom is 0.327 e. The minimum atomic E-state index is -0.979. The number of H-pyrrole nitrogens is 1. The fourth-order valence-corrected chi connectivity index (χ4v) is 6.88. The highest BCUT2D eigenvalue weighted by atomic mass is 35.5. The Morgan fingerprint density at radius 2 is 1.95 bits per heavy atom. The standard InChI is InChI=1S/C26H29ClN4O5S/c1-34-18-10-19(35-2)16(27)9-14(18)7-8-26(15-5-3-4-6-15)12-17(32)23(25(33)36-26)37-20-11-21(28)31-24-22(20)29-13-30-24/h9-11,13,15,23H,3-8,12H2,1-2H3,(H3,28,29,30,31). The topological polar surface area (TPSA) is 129 Å². The number of hydrogen-bond acceptors (Lipinski definition) is 9. The van der Waals surface area contributed by atoms with Crippen LogP contribution in [-0.2, 0) is 20.7 Å². The number of hydrogen-bond donors (Lipinski definition) is 2. The number of methoxy groups -OCH3 is 2. The second-order valence-electron chi connectivity index (χ2n) is 9.55. The SMILES string of the molecule is COc1cc(OC)c(CCC2(C3CCCC3)CC(=O)C(Sc3cc(N)nc4nc[nH]c34)C(=O)O2)cc1Cl. The first-order valence-corrected chi connectivity index (χ1v) is 13.5. The lowest BCUT2D eigenvalue weighted by Crippen LogP contribution is -2.53. The number of cyclic esters (lactones) is 1. The van der Waals surface area contributed by atoms with Gasteiger partial charge in [-0.05, 0) is 49.3 Å². The number of thioether (sulfide) groups is 1. The quantitative estimate of drug-likeness (QED) is 0.305. The number of carbonyl (C=O) groups excluding carboxylic acids is 2. The molecule has 1 saturated heterocycles. The van der Waals surface area contributed by atoms with Gasteiger partial charge in [-0.3, -0.25) is 9.59 Å². The number of nitrogens with zero attached hydrogens (tertiary/aromatic N) is 2. The van der Waals surface area contributed by atoms with E-state index in [1.807, 2.05) is 6.07 Å². The van der Waals surface area contributed by atoms with Gasteiger partial charge in [0, 0.05) is 17.4 Å². The van der Waals surface area contributed by atoms with Crippen LogP contribution in [0, 0.1) is 5.92 Å². The molecule has 0 spiro atoms. The van der Waals surface area contributed by atoms with Gasteiger partial charge in [0.15, 0.2) is 16.7 Å². The number of anilines is 1. The molecule has 0 radical (unpaired) electrons. The van der Waals surface area contributed by atoms with E-state index in [-0.39, 0.29) is 23.9 Å². The van der Waals surface area contributed by atoms with Crippen molar-refractivity contribution in [3.05, 3.63) is 35.1 Å². The number of aromatic nitrogens is 3. The molecule has 0 amide bonds. The van der Waals surface area contributed by atoms with E-state index in [1.54, 1.807) is 26.4 Å². The number of nitrogens with one attached hydrogen (secondary N) is 1. The van der Waals surface area contributed by atoms with Crippen LogP contribution in [0.3, 0.4) is 0 Å². The van der Waals surface area contributed by atoms with Crippen molar-refractivity contribution in [1.29, 1.82) is 0 Å². The number of nitrogens with two attached hydrogens (primary N) is 1. The summed E-state index contributed by atoms with van der Waals surface area (Å²) in [7, 11) is 3.14. The summed E-state index contributed by atoms with van der Waals surface area (Å²) < 4.78 is 17.1. The molecule has 37 heavy (non-hydrogen) atoms. The van der Waals surface area contributed by atoms with E-state index in [4.69, 9.17) is 31.5 Å². The Labute approximate surface area is 223 Å². The van der Waals surface area contributed by atoms with E-state index in [1.165, 1.54) is 6.33 Å². The number of benzene rings is 1. The molecule has 0 bridgehead atoms. The third-order valence-corrected chi connectivity index (χ3v) is 8.94. The Bertz CT molecular complexity index is 1320. The van der Waals surface area contributed by atoms with Crippen molar-refractivity contribution in [3.8, 4) is 11.5 Å². The van der Waals surface area contributed by atoms with Crippen LogP contribution in [0.4, 0.5) is 5.82 Å². The van der Waals surface area contributed by atoms with Gasteiger partial charge < -0.3 is 24.9 Å². The Morgan fingerprint density at radius 1 is 1.19 bits per heavy atom. The van der Waals surface area contributed by atoms with E-state index in [2.05, 4.69) is 15.0 Å². The second-order valence-corrected chi connectivity index (χ2v) is 11.1. The molecule has 11 heteroatoms. The molecule has 1 aliphatic carbocycles. The van der Waals surface area contributed by atoms with Crippen molar-refractivity contribution < 1.29 is 23.8 Å². The molecule has 3 N–H and O–H groups in total. The van der Waals surface area contributed by atoms with Gasteiger partial charge >= 0.3 is 5.97 Å². The summed E-state index contributed by atoms with van der Waals surface area (Å²) in [5.41, 5.74) is 7.01. The van der Waals surface area contributed by atoms with Crippen LogP contribution in [0.1, 0.15) is 44.1 Å². The summed E-state index contributed by atoms with van der Waals surface area (Å²) in [6.07, 6.45) is 6.68. The average Bonchev–Trinajstić information content (AvgIpc) is 3.58. The predicted octanol–water partition coefficient (Wildman–Crippen LogP) is 4.75. The third-order valence-electron chi connectivity index (χ3n) is 7.38. The fraction of sp³-hybridized carbons (Fsp3) is 0.462. The lowest BCUT2D eigenvalue weighted by Gasteiger charge is -2.43. The fourth-order valence-electron chi connectivity index (χ4n) is 5.54. The first-order chi connectivity index (χ1) is 17.8. The van der Waals surface area contributed by atoms with Crippen LogP contribution in [0.15, 0.2) is 29.4 Å². The summed E-state index contributed by atoms with van der Waals surface area (Å²) in [6, 6.07) is 5.21. The number of halogens is 1. The molecule has 2 unspecified atom stereocenters. The van der Waals surface area contributed by atoms with Crippen LogP contribution in [-0.4, -0.2) is 51.8 Å². The van der Waals surface area contributed by atoms with Gasteiger partial charge in [0.05, 0.1) is 31.1 Å². The van der Waals surface area contributed by atoms with Crippen molar-refractivity contribution in [2.24, 2.45) is 5.92 Å². The van der Waals surface area contributed by atoms with Crippen LogP contribution in [0.2, 0.25) is 5.02 Å². The van der Waals surface area contributed by atoms with Crippen molar-refractivity contribution in [3.63, 3.8) is 0 Å². The van der Waals surface area contributed by atoms with E-state index in [0.29, 0.717) is 45.4 Å². The summed E-state index contributed by atoms with van der Waals surface area (Å²) in [5.74, 6) is 0.901. The summed E-state index contributed by atoms with van der Waals surface area (Å²) in [4.78, 5) is 38.9. The average molecular weight is 545 g/mol. The molecule has 3 aromatic rings. The number of carbonyl (C=O) groups is 2. The highest BCUT2D eigenvalue weighted by Gasteiger charge is 2.52. The summed E-state index contributed by atoms with van der Waals surface area (Å²) in [5, 5.41) is -0.504.